The molecule has 0 aromatic carbocycles. The zero-order chi connectivity index (χ0) is 5.40. The minimum absolute atomic E-state index is 0.685. The van der Waals surface area contributed by atoms with Gasteiger partial charge < -0.3 is 8.83 Å². The van der Waals surface area contributed by atoms with Gasteiger partial charge >= 0.3 is 0 Å². The summed E-state index contributed by atoms with van der Waals surface area (Å²) < 4.78 is 9.82. The van der Waals surface area contributed by atoms with E-state index in [1.54, 1.807) is 12.3 Å². The van der Waals surface area contributed by atoms with Crippen LogP contribution in [-0.4, -0.2) is 0 Å². The molecule has 1 radical (unpaired) electrons. The summed E-state index contributed by atoms with van der Waals surface area (Å²) in [7, 11) is 0. The third-order valence-electron chi connectivity index (χ3n) is 1.01. The average molecular weight is 107 g/mol. The second-order valence-corrected chi connectivity index (χ2v) is 1.49. The molecule has 0 N–H and O–H groups in total. The minimum Gasteiger partial charge on any atom is -0.460 e. The Hall–Kier alpha value is -1.18. The van der Waals surface area contributed by atoms with Gasteiger partial charge in [-0.15, -0.1) is 0 Å². The topological polar surface area (TPSA) is 26.3 Å². The molecule has 0 atom stereocenters. The van der Waals surface area contributed by atoms with Crippen molar-refractivity contribution in [1.29, 1.82) is 0 Å². The summed E-state index contributed by atoms with van der Waals surface area (Å²) >= 11 is 0. The molecule has 0 unspecified atom stereocenters. The van der Waals surface area contributed by atoms with Crippen molar-refractivity contribution in [2.45, 2.75) is 0 Å². The standard InChI is InChI=1S/C6H3O2/c1-3-7-6-2-4-8-5(1)6/h1,3-4H. The van der Waals surface area contributed by atoms with Crippen LogP contribution in [0.3, 0.4) is 0 Å². The van der Waals surface area contributed by atoms with E-state index in [4.69, 9.17) is 8.83 Å². The van der Waals surface area contributed by atoms with Crippen LogP contribution in [0.2, 0.25) is 0 Å². The lowest BCUT2D eigenvalue weighted by Crippen LogP contribution is -1.39. The molecule has 0 fully saturated rings. The summed E-state index contributed by atoms with van der Waals surface area (Å²) in [5, 5.41) is 0. The summed E-state index contributed by atoms with van der Waals surface area (Å²) in [5.41, 5.74) is 1.44. The highest BCUT2D eigenvalue weighted by molar-refractivity contribution is 5.68. The quantitative estimate of drug-likeness (QED) is 0.513. The van der Waals surface area contributed by atoms with E-state index in [-0.39, 0.29) is 0 Å². The molecule has 2 aromatic heterocycles. The fourth-order valence-corrected chi connectivity index (χ4v) is 0.642. The van der Waals surface area contributed by atoms with Crippen molar-refractivity contribution in [3.63, 3.8) is 0 Å². The first-order valence-corrected chi connectivity index (χ1v) is 2.29. The minimum atomic E-state index is 0.685. The van der Waals surface area contributed by atoms with Crippen molar-refractivity contribution in [2.24, 2.45) is 0 Å². The van der Waals surface area contributed by atoms with E-state index < -0.39 is 0 Å². The monoisotopic (exact) mass is 107 g/mol. The van der Waals surface area contributed by atoms with Gasteiger partial charge in [-0.25, -0.2) is 0 Å². The first kappa shape index (κ1) is 3.78. The molecule has 2 heterocycles. The lowest BCUT2D eigenvalue weighted by atomic mass is 10.5. The normalized spacial score (nSPS) is 10.5. The van der Waals surface area contributed by atoms with Crippen LogP contribution in [0.15, 0.2) is 27.4 Å². The maximum absolute atomic E-state index is 4.91. The van der Waals surface area contributed by atoms with Crippen LogP contribution >= 0.6 is 0 Å². The fourth-order valence-electron chi connectivity index (χ4n) is 0.642. The van der Waals surface area contributed by atoms with Crippen LogP contribution in [0.4, 0.5) is 0 Å². The van der Waals surface area contributed by atoms with Crippen molar-refractivity contribution in [1.82, 2.24) is 0 Å². The van der Waals surface area contributed by atoms with Crippen LogP contribution in [0.5, 0.6) is 0 Å². The third-order valence-corrected chi connectivity index (χ3v) is 1.01. The van der Waals surface area contributed by atoms with Crippen molar-refractivity contribution < 1.29 is 8.83 Å². The van der Waals surface area contributed by atoms with Gasteiger partial charge in [-0.1, -0.05) is 0 Å². The highest BCUT2D eigenvalue weighted by Gasteiger charge is 1.95. The van der Waals surface area contributed by atoms with Crippen LogP contribution in [0, 0.1) is 6.07 Å². The van der Waals surface area contributed by atoms with E-state index in [2.05, 4.69) is 6.07 Å². The van der Waals surface area contributed by atoms with Gasteiger partial charge in [0.2, 0.25) is 0 Å². The largest absolute Gasteiger partial charge is 0.460 e. The number of hydrogen-bond acceptors (Lipinski definition) is 2. The molecule has 0 aliphatic carbocycles. The third kappa shape index (κ3) is 0.320. The maximum atomic E-state index is 4.91. The zero-order valence-corrected chi connectivity index (χ0v) is 4.05. The summed E-state index contributed by atoms with van der Waals surface area (Å²) in [4.78, 5) is 0. The van der Waals surface area contributed by atoms with Crippen LogP contribution in [0.25, 0.3) is 11.2 Å². The number of fused-ring (bicyclic) bond motifs is 1. The molecule has 2 heteroatoms. The molecule has 0 aliphatic rings. The Morgan fingerprint density at radius 2 is 2.38 bits per heavy atom. The highest BCUT2D eigenvalue weighted by atomic mass is 16.4. The van der Waals surface area contributed by atoms with Crippen LogP contribution in [0.1, 0.15) is 0 Å². The molecule has 2 aromatic rings. The van der Waals surface area contributed by atoms with Gasteiger partial charge in [-0.3, -0.25) is 0 Å². The first-order valence-electron chi connectivity index (χ1n) is 2.29. The van der Waals surface area contributed by atoms with Gasteiger partial charge in [0.05, 0.1) is 12.3 Å². The number of rotatable bonds is 0. The van der Waals surface area contributed by atoms with Gasteiger partial charge in [0.15, 0.2) is 11.2 Å². The molecule has 0 amide bonds. The van der Waals surface area contributed by atoms with E-state index in [1.165, 1.54) is 6.26 Å². The molecule has 0 bridgehead atoms. The fraction of sp³-hybridized carbons (Fsp3) is 0. The lowest BCUT2D eigenvalue weighted by molar-refractivity contribution is 0.609. The van der Waals surface area contributed by atoms with E-state index >= 15 is 0 Å². The second-order valence-electron chi connectivity index (χ2n) is 1.49. The van der Waals surface area contributed by atoms with Crippen LogP contribution in [-0.2, 0) is 0 Å². The Bertz CT molecular complexity index is 228. The Morgan fingerprint density at radius 3 is 3.25 bits per heavy atom. The Morgan fingerprint density at radius 1 is 1.38 bits per heavy atom. The maximum Gasteiger partial charge on any atom is 0.180 e. The number of hydrogen-bond donors (Lipinski definition) is 0. The molecule has 2 nitrogen and oxygen atoms in total. The summed E-state index contributed by atoms with van der Waals surface area (Å²) in [6, 6.07) is 4.52. The molecular weight excluding hydrogens is 104 g/mol. The second kappa shape index (κ2) is 1.15. The van der Waals surface area contributed by atoms with Crippen molar-refractivity contribution in [3.8, 4) is 0 Å². The number of furan rings is 2. The van der Waals surface area contributed by atoms with Crippen molar-refractivity contribution in [2.75, 3.05) is 0 Å². The van der Waals surface area contributed by atoms with Gasteiger partial charge in [-0.05, 0) is 0 Å². The van der Waals surface area contributed by atoms with Crippen molar-refractivity contribution in [3.05, 3.63) is 24.7 Å². The smallest absolute Gasteiger partial charge is 0.180 e. The lowest BCUT2D eigenvalue weighted by Gasteiger charge is -1.64. The Labute approximate surface area is 45.7 Å². The molecule has 0 saturated carbocycles. The van der Waals surface area contributed by atoms with E-state index in [1.807, 2.05) is 0 Å². The van der Waals surface area contributed by atoms with Crippen molar-refractivity contribution >= 4 is 11.2 Å². The van der Waals surface area contributed by atoms with Gasteiger partial charge in [0.1, 0.15) is 6.26 Å². The van der Waals surface area contributed by atoms with E-state index in [0.717, 1.165) is 5.58 Å². The SMILES string of the molecule is [c]1coc2ccoc12. The zero-order valence-electron chi connectivity index (χ0n) is 4.05. The van der Waals surface area contributed by atoms with Gasteiger partial charge in [-0.2, -0.15) is 0 Å². The molecule has 2 rings (SSSR count). The molecular formula is C6H3O2. The molecule has 0 saturated heterocycles. The highest BCUT2D eigenvalue weighted by Crippen LogP contribution is 2.13. The molecule has 0 aliphatic heterocycles. The van der Waals surface area contributed by atoms with Gasteiger partial charge in [0, 0.05) is 6.07 Å². The summed E-state index contributed by atoms with van der Waals surface area (Å²) in [5.74, 6) is 0. The van der Waals surface area contributed by atoms with E-state index in [9.17, 15) is 0 Å². The predicted molar refractivity (Wildman–Crippen MR) is 27.3 cm³/mol. The van der Waals surface area contributed by atoms with E-state index in [0.29, 0.717) is 5.58 Å². The predicted octanol–water partition coefficient (Wildman–Crippen LogP) is 1.83. The Balaban J connectivity index is 3.06. The molecule has 8 heavy (non-hydrogen) atoms. The van der Waals surface area contributed by atoms with Crippen LogP contribution < -0.4 is 0 Å². The molecule has 0 spiro atoms. The van der Waals surface area contributed by atoms with Gasteiger partial charge in [0.25, 0.3) is 0 Å². The molecule has 39 valence electrons. The Kier molecular flexibility index (Phi) is 0.545. The summed E-state index contributed by atoms with van der Waals surface area (Å²) in [6.45, 7) is 0. The first-order chi connectivity index (χ1) is 3.97. The average Bonchev–Trinajstić information content (AvgIpc) is 2.15. The summed E-state index contributed by atoms with van der Waals surface area (Å²) in [6.07, 6.45) is 3.05.